The number of rotatable bonds is 6. The molecule has 1 fully saturated rings. The fraction of sp³-hybridized carbons (Fsp3) is 0.474. The monoisotopic (exact) mass is 418 g/mol. The maximum atomic E-state index is 12.4. The predicted molar refractivity (Wildman–Crippen MR) is 111 cm³/mol. The molecule has 2 aromatic rings. The van der Waals surface area contributed by atoms with Gasteiger partial charge in [0.25, 0.3) is 11.8 Å². The van der Waals surface area contributed by atoms with E-state index in [0.29, 0.717) is 49.9 Å². The van der Waals surface area contributed by atoms with Crippen LogP contribution in [-0.2, 0) is 0 Å². The van der Waals surface area contributed by atoms with Crippen molar-refractivity contribution >= 4 is 29.1 Å². The van der Waals surface area contributed by atoms with Crippen LogP contribution in [0.3, 0.4) is 0 Å². The summed E-state index contributed by atoms with van der Waals surface area (Å²) in [6, 6.07) is 3.40. The molecule has 2 amide bonds. The molecule has 1 aliphatic heterocycles. The van der Waals surface area contributed by atoms with E-state index in [-0.39, 0.29) is 11.8 Å². The minimum atomic E-state index is -0.116. The summed E-state index contributed by atoms with van der Waals surface area (Å²) in [5.41, 5.74) is 2.41. The molecule has 0 bridgehead atoms. The van der Waals surface area contributed by atoms with Crippen molar-refractivity contribution in [2.75, 3.05) is 45.8 Å². The van der Waals surface area contributed by atoms with Crippen LogP contribution in [0.5, 0.6) is 0 Å². The molecule has 0 saturated carbocycles. The SMILES string of the molecule is CCNC(=NCCNC(=O)c1scnc1C)N1CCN(C(=O)c2ccco2)CC1. The largest absolute Gasteiger partial charge is 0.459 e. The van der Waals surface area contributed by atoms with Gasteiger partial charge in [-0.1, -0.05) is 0 Å². The Balaban J connectivity index is 1.48. The van der Waals surface area contributed by atoms with E-state index in [2.05, 4.69) is 25.5 Å². The van der Waals surface area contributed by atoms with Crippen molar-refractivity contribution in [3.8, 4) is 0 Å². The van der Waals surface area contributed by atoms with Gasteiger partial charge in [0.15, 0.2) is 11.7 Å². The highest BCUT2D eigenvalue weighted by atomic mass is 32.1. The standard InChI is InChI=1S/C19H26N6O3S/c1-3-20-19(22-7-6-21-17(26)16-14(2)23-13-29-16)25-10-8-24(9-11-25)18(27)15-5-4-12-28-15/h4-5,12-13H,3,6-11H2,1-2H3,(H,20,22)(H,21,26). The molecule has 10 heteroatoms. The second kappa shape index (κ2) is 10.1. The molecule has 0 radical (unpaired) electrons. The van der Waals surface area contributed by atoms with Gasteiger partial charge in [0.2, 0.25) is 0 Å². The van der Waals surface area contributed by atoms with Crippen LogP contribution in [-0.4, -0.2) is 78.4 Å². The topological polar surface area (TPSA) is 103 Å². The molecule has 1 saturated heterocycles. The number of aryl methyl sites for hydroxylation is 1. The van der Waals surface area contributed by atoms with Gasteiger partial charge in [-0.05, 0) is 26.0 Å². The highest BCUT2D eigenvalue weighted by Gasteiger charge is 2.25. The summed E-state index contributed by atoms with van der Waals surface area (Å²) in [5, 5.41) is 6.16. The molecule has 29 heavy (non-hydrogen) atoms. The van der Waals surface area contributed by atoms with E-state index in [1.807, 2.05) is 13.8 Å². The second-order valence-electron chi connectivity index (χ2n) is 6.52. The van der Waals surface area contributed by atoms with Gasteiger partial charge in [-0.15, -0.1) is 11.3 Å². The second-order valence-corrected chi connectivity index (χ2v) is 7.37. The third-order valence-corrected chi connectivity index (χ3v) is 5.47. The van der Waals surface area contributed by atoms with Crippen molar-refractivity contribution < 1.29 is 14.0 Å². The van der Waals surface area contributed by atoms with Crippen LogP contribution in [0.15, 0.2) is 33.3 Å². The van der Waals surface area contributed by atoms with Crippen molar-refractivity contribution in [2.45, 2.75) is 13.8 Å². The fourth-order valence-corrected chi connectivity index (χ4v) is 3.75. The highest BCUT2D eigenvalue weighted by molar-refractivity contribution is 7.11. The van der Waals surface area contributed by atoms with Crippen LogP contribution < -0.4 is 10.6 Å². The fourth-order valence-electron chi connectivity index (χ4n) is 3.03. The zero-order chi connectivity index (χ0) is 20.6. The average molecular weight is 419 g/mol. The minimum absolute atomic E-state index is 0.0855. The Morgan fingerprint density at radius 1 is 1.24 bits per heavy atom. The molecular formula is C19H26N6O3S. The minimum Gasteiger partial charge on any atom is -0.459 e. The van der Waals surface area contributed by atoms with E-state index in [1.165, 1.54) is 17.6 Å². The van der Waals surface area contributed by atoms with Crippen LogP contribution in [0.1, 0.15) is 32.8 Å². The van der Waals surface area contributed by atoms with Crippen LogP contribution in [0.25, 0.3) is 0 Å². The number of guanidine groups is 1. The number of carbonyl (C=O) groups excluding carboxylic acids is 2. The molecule has 0 atom stereocenters. The smallest absolute Gasteiger partial charge is 0.289 e. The molecule has 0 aromatic carbocycles. The van der Waals surface area contributed by atoms with E-state index in [4.69, 9.17) is 4.42 Å². The zero-order valence-electron chi connectivity index (χ0n) is 16.7. The molecule has 9 nitrogen and oxygen atoms in total. The molecule has 1 aliphatic rings. The van der Waals surface area contributed by atoms with Gasteiger partial charge in [0.1, 0.15) is 4.88 Å². The van der Waals surface area contributed by atoms with Gasteiger partial charge in [-0.25, -0.2) is 4.98 Å². The van der Waals surface area contributed by atoms with Gasteiger partial charge >= 0.3 is 0 Å². The van der Waals surface area contributed by atoms with Crippen molar-refractivity contribution in [3.63, 3.8) is 0 Å². The first kappa shape index (κ1) is 20.8. The first-order valence-corrected chi connectivity index (χ1v) is 10.5. The Morgan fingerprint density at radius 2 is 2.00 bits per heavy atom. The lowest BCUT2D eigenvalue weighted by Crippen LogP contribution is -2.53. The van der Waals surface area contributed by atoms with Crippen LogP contribution in [0, 0.1) is 6.92 Å². The third kappa shape index (κ3) is 5.35. The summed E-state index contributed by atoms with van der Waals surface area (Å²) in [6.07, 6.45) is 1.51. The van der Waals surface area contributed by atoms with Gasteiger partial charge in [0.05, 0.1) is 24.0 Å². The third-order valence-electron chi connectivity index (χ3n) is 4.54. The molecule has 2 aromatic heterocycles. The zero-order valence-corrected chi connectivity index (χ0v) is 17.5. The van der Waals surface area contributed by atoms with Crippen LogP contribution >= 0.6 is 11.3 Å². The number of amides is 2. The van der Waals surface area contributed by atoms with Crippen LogP contribution in [0.2, 0.25) is 0 Å². The first-order valence-electron chi connectivity index (χ1n) is 9.64. The van der Waals surface area contributed by atoms with Crippen LogP contribution in [0.4, 0.5) is 0 Å². The molecule has 0 aliphatic carbocycles. The predicted octanol–water partition coefficient (Wildman–Crippen LogP) is 1.20. The lowest BCUT2D eigenvalue weighted by molar-refractivity contribution is 0.0657. The Morgan fingerprint density at radius 3 is 2.62 bits per heavy atom. The molecule has 3 rings (SSSR count). The Bertz CT molecular complexity index is 840. The van der Waals surface area contributed by atoms with E-state index >= 15 is 0 Å². The number of nitrogens with zero attached hydrogens (tertiary/aromatic N) is 4. The van der Waals surface area contributed by atoms with Gasteiger partial charge in [-0.2, -0.15) is 0 Å². The maximum Gasteiger partial charge on any atom is 0.289 e. The molecule has 0 spiro atoms. The highest BCUT2D eigenvalue weighted by Crippen LogP contribution is 2.11. The average Bonchev–Trinajstić information content (AvgIpc) is 3.41. The lowest BCUT2D eigenvalue weighted by atomic mass is 10.3. The van der Waals surface area contributed by atoms with Crippen molar-refractivity contribution in [2.24, 2.45) is 4.99 Å². The van der Waals surface area contributed by atoms with Gasteiger partial charge < -0.3 is 24.9 Å². The number of hydrogen-bond acceptors (Lipinski definition) is 6. The summed E-state index contributed by atoms with van der Waals surface area (Å²) >= 11 is 1.34. The molecule has 0 unspecified atom stereocenters. The summed E-state index contributed by atoms with van der Waals surface area (Å²) in [7, 11) is 0. The number of thiazole rings is 1. The number of aromatic nitrogens is 1. The molecule has 3 heterocycles. The first-order chi connectivity index (χ1) is 14.1. The molecule has 156 valence electrons. The van der Waals surface area contributed by atoms with Gasteiger partial charge in [-0.3, -0.25) is 14.6 Å². The van der Waals surface area contributed by atoms with E-state index < -0.39 is 0 Å². The summed E-state index contributed by atoms with van der Waals surface area (Å²) < 4.78 is 5.20. The quantitative estimate of drug-likeness (QED) is 0.415. The van der Waals surface area contributed by atoms with E-state index in [9.17, 15) is 9.59 Å². The van der Waals surface area contributed by atoms with E-state index in [0.717, 1.165) is 18.2 Å². The normalized spacial score (nSPS) is 14.8. The molecular weight excluding hydrogens is 392 g/mol. The number of hydrogen-bond donors (Lipinski definition) is 2. The number of nitrogens with one attached hydrogen (secondary N) is 2. The Labute approximate surface area is 173 Å². The number of furan rings is 1. The number of aliphatic imine (C=N–C) groups is 1. The maximum absolute atomic E-state index is 12.4. The summed E-state index contributed by atoms with van der Waals surface area (Å²) in [6.45, 7) is 8.08. The number of piperazine rings is 1. The number of carbonyl (C=O) groups is 2. The Kier molecular flexibility index (Phi) is 7.23. The van der Waals surface area contributed by atoms with Crippen molar-refractivity contribution in [3.05, 3.63) is 40.2 Å². The van der Waals surface area contributed by atoms with Crippen molar-refractivity contribution in [1.82, 2.24) is 25.4 Å². The summed E-state index contributed by atoms with van der Waals surface area (Å²) in [4.78, 5) is 37.8. The van der Waals surface area contributed by atoms with E-state index in [1.54, 1.807) is 22.5 Å². The lowest BCUT2D eigenvalue weighted by Gasteiger charge is -2.36. The Hall–Kier alpha value is -2.88. The molecule has 2 N–H and O–H groups in total. The van der Waals surface area contributed by atoms with Gasteiger partial charge in [0, 0.05) is 39.3 Å². The van der Waals surface area contributed by atoms with Crippen molar-refractivity contribution in [1.29, 1.82) is 0 Å². The summed E-state index contributed by atoms with van der Waals surface area (Å²) in [5.74, 6) is 0.958.